The van der Waals surface area contributed by atoms with Crippen molar-refractivity contribution in [3.63, 3.8) is 0 Å². The lowest BCUT2D eigenvalue weighted by Crippen LogP contribution is -2.11. The van der Waals surface area contributed by atoms with E-state index in [1.165, 1.54) is 0 Å². The number of nitrogens with zero attached hydrogens (tertiary/aromatic N) is 3. The summed E-state index contributed by atoms with van der Waals surface area (Å²) in [6.45, 7) is 4.18. The molecule has 0 aliphatic heterocycles. The summed E-state index contributed by atoms with van der Waals surface area (Å²) in [5, 5.41) is 9.35. The van der Waals surface area contributed by atoms with Crippen molar-refractivity contribution in [2.75, 3.05) is 7.11 Å². The minimum Gasteiger partial charge on any atom is -0.497 e. The number of fused-ring (bicyclic) bond motifs is 1. The highest BCUT2D eigenvalue weighted by Crippen LogP contribution is 2.29. The van der Waals surface area contributed by atoms with E-state index in [1.807, 2.05) is 48.7 Å². The average Bonchev–Trinajstić information content (AvgIpc) is 3.33. The van der Waals surface area contributed by atoms with Gasteiger partial charge in [-0.25, -0.2) is 0 Å². The van der Waals surface area contributed by atoms with Gasteiger partial charge in [0.15, 0.2) is 5.78 Å². The van der Waals surface area contributed by atoms with E-state index in [4.69, 9.17) is 9.15 Å². The molecule has 6 heteroatoms. The molecule has 4 rings (SSSR count). The molecule has 0 bridgehead atoms. The number of rotatable bonds is 6. The molecule has 2 aromatic heterocycles. The minimum atomic E-state index is -0.00569. The Hall–Kier alpha value is -3.41. The van der Waals surface area contributed by atoms with Gasteiger partial charge < -0.3 is 13.7 Å². The molecule has 0 saturated carbocycles. The van der Waals surface area contributed by atoms with Crippen molar-refractivity contribution in [3.05, 3.63) is 66.1 Å². The number of methoxy groups -OCH3 is 1. The molecule has 0 aliphatic carbocycles. The average molecular weight is 375 g/mol. The van der Waals surface area contributed by atoms with Crippen molar-refractivity contribution in [2.24, 2.45) is 0 Å². The second kappa shape index (κ2) is 7.31. The monoisotopic (exact) mass is 375 g/mol. The predicted octanol–water partition coefficient (Wildman–Crippen LogP) is 4.71. The van der Waals surface area contributed by atoms with E-state index in [9.17, 15) is 4.79 Å². The van der Waals surface area contributed by atoms with Crippen LogP contribution in [0, 0.1) is 0 Å². The van der Waals surface area contributed by atoms with E-state index >= 15 is 0 Å². The van der Waals surface area contributed by atoms with E-state index < -0.39 is 0 Å². The maximum Gasteiger partial charge on any atom is 0.264 e. The first-order chi connectivity index (χ1) is 13.6. The molecule has 0 radical (unpaired) electrons. The van der Waals surface area contributed by atoms with Gasteiger partial charge in [-0.1, -0.05) is 32.0 Å². The topological polar surface area (TPSA) is 70.2 Å². The Labute approximate surface area is 162 Å². The number of aromatic nitrogens is 3. The number of carbonyl (C=O) groups excluding carboxylic acids is 1. The normalized spacial score (nSPS) is 11.3. The van der Waals surface area contributed by atoms with Gasteiger partial charge in [-0.3, -0.25) is 4.79 Å². The first-order valence-electron chi connectivity index (χ1n) is 9.16. The van der Waals surface area contributed by atoms with Gasteiger partial charge in [0, 0.05) is 22.4 Å². The van der Waals surface area contributed by atoms with E-state index in [0.717, 1.165) is 22.3 Å². The van der Waals surface area contributed by atoms with E-state index in [0.29, 0.717) is 17.3 Å². The highest BCUT2D eigenvalue weighted by atomic mass is 16.5. The first kappa shape index (κ1) is 18.0. The van der Waals surface area contributed by atoms with Crippen LogP contribution in [0.4, 0.5) is 0 Å². The predicted molar refractivity (Wildman–Crippen MR) is 107 cm³/mol. The molecule has 28 heavy (non-hydrogen) atoms. The summed E-state index contributed by atoms with van der Waals surface area (Å²) in [6.07, 6.45) is 0. The molecule has 142 valence electrons. The quantitative estimate of drug-likeness (QED) is 0.457. The summed E-state index contributed by atoms with van der Waals surface area (Å²) in [6, 6.07) is 17.0. The third-order valence-electron chi connectivity index (χ3n) is 4.68. The van der Waals surface area contributed by atoms with Gasteiger partial charge in [-0.05, 0) is 36.4 Å². The smallest absolute Gasteiger partial charge is 0.264 e. The molecule has 0 amide bonds. The van der Waals surface area contributed by atoms with Crippen LogP contribution in [0.25, 0.3) is 22.5 Å². The van der Waals surface area contributed by atoms with Crippen LogP contribution < -0.4 is 4.74 Å². The molecule has 2 aromatic carbocycles. The number of carbonyl (C=O) groups is 1. The summed E-state index contributed by atoms with van der Waals surface area (Å²) in [7, 11) is 1.60. The van der Waals surface area contributed by atoms with Crippen LogP contribution in [0.2, 0.25) is 0 Å². The fourth-order valence-electron chi connectivity index (χ4n) is 3.14. The molecule has 6 nitrogen and oxygen atoms in total. The van der Waals surface area contributed by atoms with Gasteiger partial charge in [0.2, 0.25) is 5.89 Å². The first-order valence-corrected chi connectivity index (χ1v) is 9.16. The standard InChI is InChI=1S/C22H21N3O3/c1-14(2)21-23-24-22(28-21)19-12-16-6-4-5-7-18(16)25(19)13-20(26)15-8-10-17(27-3)11-9-15/h4-12,14H,13H2,1-3H3. The van der Waals surface area contributed by atoms with Gasteiger partial charge in [-0.2, -0.15) is 0 Å². The number of hydrogen-bond acceptors (Lipinski definition) is 5. The van der Waals surface area contributed by atoms with Crippen molar-refractivity contribution in [3.8, 4) is 17.3 Å². The van der Waals surface area contributed by atoms with Gasteiger partial charge in [0.1, 0.15) is 11.4 Å². The lowest BCUT2D eigenvalue weighted by atomic mass is 10.1. The zero-order valence-corrected chi connectivity index (χ0v) is 16.0. The molecule has 0 spiro atoms. The Kier molecular flexibility index (Phi) is 4.69. The van der Waals surface area contributed by atoms with E-state index in [-0.39, 0.29) is 18.2 Å². The summed E-state index contributed by atoms with van der Waals surface area (Å²) in [5.41, 5.74) is 2.31. The van der Waals surface area contributed by atoms with Crippen LogP contribution in [0.1, 0.15) is 36.0 Å². The highest BCUT2D eigenvalue weighted by molar-refractivity contribution is 5.98. The number of ketones is 1. The maximum absolute atomic E-state index is 12.9. The van der Waals surface area contributed by atoms with Crippen molar-refractivity contribution in [1.82, 2.24) is 14.8 Å². The van der Waals surface area contributed by atoms with Crippen LogP contribution in [0.15, 0.2) is 59.0 Å². The molecule has 0 atom stereocenters. The highest BCUT2D eigenvalue weighted by Gasteiger charge is 2.19. The number of ether oxygens (including phenoxy) is 1. The molecule has 0 fully saturated rings. The molecule has 2 heterocycles. The van der Waals surface area contributed by atoms with Crippen LogP contribution in [0.5, 0.6) is 5.75 Å². The third-order valence-corrected chi connectivity index (χ3v) is 4.68. The van der Waals surface area contributed by atoms with Gasteiger partial charge in [-0.15, -0.1) is 10.2 Å². The SMILES string of the molecule is COc1ccc(C(=O)Cn2c(-c3nnc(C(C)C)o3)cc3ccccc32)cc1. The zero-order valence-electron chi connectivity index (χ0n) is 16.0. The number of hydrogen-bond donors (Lipinski definition) is 0. The molecular weight excluding hydrogens is 354 g/mol. The minimum absolute atomic E-state index is 0.00569. The van der Waals surface area contributed by atoms with Crippen molar-refractivity contribution < 1.29 is 13.9 Å². The number of Topliss-reactive ketones (excluding diaryl/α,β-unsaturated/α-hetero) is 1. The van der Waals surface area contributed by atoms with Crippen LogP contribution in [-0.4, -0.2) is 27.7 Å². The second-order valence-corrected chi connectivity index (χ2v) is 6.93. The Morgan fingerprint density at radius 2 is 1.86 bits per heavy atom. The molecule has 0 aliphatic rings. The molecular formula is C22H21N3O3. The molecule has 0 N–H and O–H groups in total. The Balaban J connectivity index is 1.75. The lowest BCUT2D eigenvalue weighted by Gasteiger charge is -2.09. The lowest BCUT2D eigenvalue weighted by molar-refractivity contribution is 0.0974. The number of benzene rings is 2. The van der Waals surface area contributed by atoms with Crippen LogP contribution >= 0.6 is 0 Å². The van der Waals surface area contributed by atoms with E-state index in [1.54, 1.807) is 31.4 Å². The maximum atomic E-state index is 12.9. The van der Waals surface area contributed by atoms with Crippen molar-refractivity contribution >= 4 is 16.7 Å². The number of para-hydroxylation sites is 1. The van der Waals surface area contributed by atoms with Crippen LogP contribution in [-0.2, 0) is 6.54 Å². The van der Waals surface area contributed by atoms with Gasteiger partial charge >= 0.3 is 0 Å². The van der Waals surface area contributed by atoms with Crippen LogP contribution in [0.3, 0.4) is 0 Å². The Bertz CT molecular complexity index is 1120. The second-order valence-electron chi connectivity index (χ2n) is 6.93. The molecule has 0 saturated heterocycles. The summed E-state index contributed by atoms with van der Waals surface area (Å²) >= 11 is 0. The van der Waals surface area contributed by atoms with Gasteiger partial charge in [0.05, 0.1) is 13.7 Å². The summed E-state index contributed by atoms with van der Waals surface area (Å²) in [4.78, 5) is 12.9. The van der Waals surface area contributed by atoms with Crippen molar-refractivity contribution in [1.29, 1.82) is 0 Å². The fraction of sp³-hybridized carbons (Fsp3) is 0.227. The van der Waals surface area contributed by atoms with E-state index in [2.05, 4.69) is 10.2 Å². The summed E-state index contributed by atoms with van der Waals surface area (Å²) in [5.74, 6) is 1.85. The Morgan fingerprint density at radius 1 is 1.11 bits per heavy atom. The Morgan fingerprint density at radius 3 is 2.54 bits per heavy atom. The van der Waals surface area contributed by atoms with Crippen molar-refractivity contribution in [2.45, 2.75) is 26.3 Å². The van der Waals surface area contributed by atoms with Gasteiger partial charge in [0.25, 0.3) is 5.89 Å². The largest absolute Gasteiger partial charge is 0.497 e. The summed E-state index contributed by atoms with van der Waals surface area (Å²) < 4.78 is 12.9. The zero-order chi connectivity index (χ0) is 19.7. The molecule has 0 unspecified atom stereocenters. The molecule has 4 aromatic rings. The fourth-order valence-corrected chi connectivity index (χ4v) is 3.14. The third kappa shape index (κ3) is 3.29.